The molecule has 1 amide bonds. The molecule has 5 nitrogen and oxygen atoms in total. The van der Waals surface area contributed by atoms with Gasteiger partial charge in [0, 0.05) is 36.9 Å². The van der Waals surface area contributed by atoms with Crippen molar-refractivity contribution in [3.8, 4) is 11.1 Å². The number of pyridine rings is 2. The molecule has 1 unspecified atom stereocenters. The van der Waals surface area contributed by atoms with E-state index in [2.05, 4.69) is 26.3 Å². The van der Waals surface area contributed by atoms with Crippen LogP contribution in [0.25, 0.3) is 11.1 Å². The molecular formula is C25H28N4O. The molecule has 0 bridgehead atoms. The van der Waals surface area contributed by atoms with E-state index in [1.54, 1.807) is 0 Å². The highest BCUT2D eigenvalue weighted by Gasteiger charge is 2.17. The molecule has 30 heavy (non-hydrogen) atoms. The summed E-state index contributed by atoms with van der Waals surface area (Å²) in [5.41, 5.74) is 4.92. The lowest BCUT2D eigenvalue weighted by molar-refractivity contribution is -0.117. The summed E-state index contributed by atoms with van der Waals surface area (Å²) in [6.07, 6.45) is 7.40. The van der Waals surface area contributed by atoms with Crippen LogP contribution in [-0.2, 0) is 4.79 Å². The Bertz CT molecular complexity index is 992. The molecule has 0 radical (unpaired) electrons. The molecule has 0 aliphatic carbocycles. The van der Waals surface area contributed by atoms with E-state index >= 15 is 0 Å². The highest BCUT2D eigenvalue weighted by molar-refractivity contribution is 5.95. The lowest BCUT2D eigenvalue weighted by atomic mass is 10.0. The van der Waals surface area contributed by atoms with Gasteiger partial charge in [-0.1, -0.05) is 18.2 Å². The number of hydrogen-bond donors (Lipinski definition) is 1. The Kier molecular flexibility index (Phi) is 6.07. The molecule has 0 saturated carbocycles. The van der Waals surface area contributed by atoms with Crippen LogP contribution in [0.15, 0.2) is 60.9 Å². The third-order valence-electron chi connectivity index (χ3n) is 5.73. The van der Waals surface area contributed by atoms with E-state index in [0.717, 1.165) is 47.0 Å². The number of nitrogens with one attached hydrogen (secondary N) is 1. The zero-order chi connectivity index (χ0) is 20.9. The Hall–Kier alpha value is -3.21. The van der Waals surface area contributed by atoms with Gasteiger partial charge in [-0.2, -0.15) is 0 Å². The van der Waals surface area contributed by atoms with Gasteiger partial charge in [-0.25, -0.2) is 4.98 Å². The fourth-order valence-electron chi connectivity index (χ4n) is 3.84. The molecule has 1 aromatic carbocycles. The van der Waals surface area contributed by atoms with Crippen LogP contribution >= 0.6 is 0 Å². The maximum atomic E-state index is 12.7. The average Bonchev–Trinajstić information content (AvgIpc) is 2.80. The normalized spacial score (nSPS) is 14.9. The lowest BCUT2D eigenvalue weighted by Crippen LogP contribution is -2.30. The zero-order valence-corrected chi connectivity index (χ0v) is 17.6. The minimum atomic E-state index is -0.268. The number of nitrogens with zero attached hydrogens (tertiary/aromatic N) is 3. The van der Waals surface area contributed by atoms with Crippen molar-refractivity contribution in [3.05, 3.63) is 72.2 Å². The number of aromatic nitrogens is 2. The summed E-state index contributed by atoms with van der Waals surface area (Å²) in [5, 5.41) is 3.02. The van der Waals surface area contributed by atoms with Crippen molar-refractivity contribution < 1.29 is 4.79 Å². The number of anilines is 2. The molecular weight excluding hydrogens is 372 g/mol. The van der Waals surface area contributed by atoms with Gasteiger partial charge < -0.3 is 10.2 Å². The maximum Gasteiger partial charge on any atom is 0.231 e. The highest BCUT2D eigenvalue weighted by atomic mass is 16.1. The Labute approximate surface area is 178 Å². The number of rotatable bonds is 5. The second-order valence-corrected chi connectivity index (χ2v) is 7.97. The molecule has 1 aliphatic heterocycles. The molecule has 3 heterocycles. The van der Waals surface area contributed by atoms with Crippen molar-refractivity contribution in [1.29, 1.82) is 0 Å². The Morgan fingerprint density at radius 3 is 2.40 bits per heavy atom. The standard InChI is InChI=1S/C25H28N4O/c1-18-16-21(12-13-26-18)20-6-9-23(10-7-20)28-25(30)19(2)22-8-11-24(27-17-22)29-14-4-3-5-15-29/h6-13,16-17,19H,3-5,14-15H2,1-2H3,(H,28,30). The van der Waals surface area contributed by atoms with Gasteiger partial charge >= 0.3 is 0 Å². The number of carbonyl (C=O) groups is 1. The second-order valence-electron chi connectivity index (χ2n) is 7.97. The maximum absolute atomic E-state index is 12.7. The van der Waals surface area contributed by atoms with Crippen molar-refractivity contribution in [3.63, 3.8) is 0 Å². The van der Waals surface area contributed by atoms with Crippen LogP contribution in [0.1, 0.15) is 43.4 Å². The Morgan fingerprint density at radius 1 is 0.967 bits per heavy atom. The summed E-state index contributed by atoms with van der Waals surface area (Å²) >= 11 is 0. The molecule has 5 heteroatoms. The first-order chi connectivity index (χ1) is 14.6. The Balaban J connectivity index is 1.39. The summed E-state index contributed by atoms with van der Waals surface area (Å²) in [6.45, 7) is 6.03. The molecule has 1 fully saturated rings. The van der Waals surface area contributed by atoms with Crippen molar-refractivity contribution in [2.24, 2.45) is 0 Å². The van der Waals surface area contributed by atoms with E-state index in [1.165, 1.54) is 19.3 Å². The first-order valence-electron chi connectivity index (χ1n) is 10.6. The number of hydrogen-bond acceptors (Lipinski definition) is 4. The summed E-state index contributed by atoms with van der Waals surface area (Å²) < 4.78 is 0. The quantitative estimate of drug-likeness (QED) is 0.641. The molecule has 1 saturated heterocycles. The van der Waals surface area contributed by atoms with Crippen molar-refractivity contribution >= 4 is 17.4 Å². The first kappa shape index (κ1) is 20.1. The van der Waals surface area contributed by atoms with Gasteiger partial charge in [0.1, 0.15) is 5.82 Å². The fraction of sp³-hybridized carbons (Fsp3) is 0.320. The van der Waals surface area contributed by atoms with Crippen LogP contribution in [0.5, 0.6) is 0 Å². The van der Waals surface area contributed by atoms with Crippen LogP contribution < -0.4 is 10.2 Å². The van der Waals surface area contributed by atoms with Gasteiger partial charge in [-0.15, -0.1) is 0 Å². The van der Waals surface area contributed by atoms with Crippen LogP contribution in [0.2, 0.25) is 0 Å². The van der Waals surface area contributed by atoms with Crippen LogP contribution in [0, 0.1) is 6.92 Å². The topological polar surface area (TPSA) is 58.1 Å². The SMILES string of the molecule is Cc1cc(-c2ccc(NC(=O)C(C)c3ccc(N4CCCCC4)nc3)cc2)ccn1. The molecule has 1 aliphatic rings. The third-order valence-corrected chi connectivity index (χ3v) is 5.73. The summed E-state index contributed by atoms with van der Waals surface area (Å²) in [4.78, 5) is 23.9. The number of piperidine rings is 1. The molecule has 1 N–H and O–H groups in total. The van der Waals surface area contributed by atoms with Gasteiger partial charge in [0.25, 0.3) is 0 Å². The van der Waals surface area contributed by atoms with E-state index < -0.39 is 0 Å². The predicted octanol–water partition coefficient (Wildman–Crippen LogP) is 5.18. The van der Waals surface area contributed by atoms with E-state index in [4.69, 9.17) is 0 Å². The van der Waals surface area contributed by atoms with Crippen molar-refractivity contribution in [1.82, 2.24) is 9.97 Å². The van der Waals surface area contributed by atoms with E-state index in [-0.39, 0.29) is 11.8 Å². The van der Waals surface area contributed by atoms with Crippen molar-refractivity contribution in [2.75, 3.05) is 23.3 Å². The third kappa shape index (κ3) is 4.67. The number of amides is 1. The molecule has 2 aromatic heterocycles. The molecule has 3 aromatic rings. The van der Waals surface area contributed by atoms with E-state index in [9.17, 15) is 4.79 Å². The van der Waals surface area contributed by atoms with Gasteiger partial charge in [0.2, 0.25) is 5.91 Å². The van der Waals surface area contributed by atoms with Gasteiger partial charge in [0.05, 0.1) is 5.92 Å². The Morgan fingerprint density at radius 2 is 1.73 bits per heavy atom. The van der Waals surface area contributed by atoms with Crippen LogP contribution in [0.4, 0.5) is 11.5 Å². The first-order valence-corrected chi connectivity index (χ1v) is 10.6. The minimum absolute atomic E-state index is 0.0324. The number of benzene rings is 1. The monoisotopic (exact) mass is 400 g/mol. The molecule has 4 rings (SSSR count). The molecule has 154 valence electrons. The number of carbonyl (C=O) groups excluding carboxylic acids is 1. The smallest absolute Gasteiger partial charge is 0.231 e. The van der Waals surface area contributed by atoms with Gasteiger partial charge in [-0.3, -0.25) is 9.78 Å². The molecule has 1 atom stereocenters. The highest BCUT2D eigenvalue weighted by Crippen LogP contribution is 2.24. The lowest BCUT2D eigenvalue weighted by Gasteiger charge is -2.27. The predicted molar refractivity (Wildman–Crippen MR) is 122 cm³/mol. The second kappa shape index (κ2) is 9.08. The van der Waals surface area contributed by atoms with Crippen molar-refractivity contribution in [2.45, 2.75) is 39.0 Å². The largest absolute Gasteiger partial charge is 0.357 e. The van der Waals surface area contributed by atoms with Crippen LogP contribution in [0.3, 0.4) is 0 Å². The summed E-state index contributed by atoms with van der Waals surface area (Å²) in [5.74, 6) is 0.707. The van der Waals surface area contributed by atoms with Gasteiger partial charge in [-0.05, 0) is 80.1 Å². The van der Waals surface area contributed by atoms with E-state index in [1.807, 2.05) is 68.7 Å². The van der Waals surface area contributed by atoms with Crippen LogP contribution in [-0.4, -0.2) is 29.0 Å². The average molecular weight is 401 g/mol. The summed E-state index contributed by atoms with van der Waals surface area (Å²) in [6, 6.07) is 16.0. The van der Waals surface area contributed by atoms with E-state index in [0.29, 0.717) is 0 Å². The fourth-order valence-corrected chi connectivity index (χ4v) is 3.84. The minimum Gasteiger partial charge on any atom is -0.357 e. The zero-order valence-electron chi connectivity index (χ0n) is 17.6. The van der Waals surface area contributed by atoms with Gasteiger partial charge in [0.15, 0.2) is 0 Å². The summed E-state index contributed by atoms with van der Waals surface area (Å²) in [7, 11) is 0. The molecule has 0 spiro atoms. The number of aryl methyl sites for hydroxylation is 1.